The Morgan fingerprint density at radius 2 is 2.00 bits per heavy atom. The molecule has 0 bridgehead atoms. The molecule has 0 saturated carbocycles. The van der Waals surface area contributed by atoms with E-state index in [0.717, 1.165) is 45.4 Å². The number of nitrogens with zero attached hydrogens (tertiary/aromatic N) is 1. The molecule has 1 aromatic rings. The molecule has 98 valence electrons. The van der Waals surface area contributed by atoms with E-state index in [-0.39, 0.29) is 12.1 Å². The van der Waals surface area contributed by atoms with E-state index >= 15 is 0 Å². The molecule has 0 aromatic heterocycles. The Balaban J connectivity index is 1.81. The average molecular weight is 246 g/mol. The molecular formula is C15H22N2O. The maximum Gasteiger partial charge on any atom is 0.0558 e. The Hall–Kier alpha value is -0.900. The lowest BCUT2D eigenvalue weighted by molar-refractivity contribution is 0.109. The second kappa shape index (κ2) is 5.00. The SMILES string of the molecule is OCCN1CCC2(CC1)NCCc1ccccc12. The summed E-state index contributed by atoms with van der Waals surface area (Å²) in [4.78, 5) is 2.37. The number of nitrogens with one attached hydrogen (secondary N) is 1. The molecule has 3 heteroatoms. The van der Waals surface area contributed by atoms with Crippen molar-refractivity contribution in [1.29, 1.82) is 0 Å². The van der Waals surface area contributed by atoms with Gasteiger partial charge in [0.05, 0.1) is 6.61 Å². The number of aliphatic hydroxyl groups excluding tert-OH is 1. The molecule has 1 spiro atoms. The minimum absolute atomic E-state index is 0.195. The molecule has 2 aliphatic heterocycles. The van der Waals surface area contributed by atoms with Gasteiger partial charge in [-0.2, -0.15) is 0 Å². The largest absolute Gasteiger partial charge is 0.395 e. The number of β-amino-alcohol motifs (C(OH)–C–C–N with tert-alkyl or cyclic N) is 1. The molecular weight excluding hydrogens is 224 g/mol. The highest BCUT2D eigenvalue weighted by atomic mass is 16.3. The predicted molar refractivity (Wildman–Crippen MR) is 72.6 cm³/mol. The van der Waals surface area contributed by atoms with Crippen LogP contribution < -0.4 is 5.32 Å². The minimum atomic E-state index is 0.195. The molecule has 0 radical (unpaired) electrons. The molecule has 0 amide bonds. The van der Waals surface area contributed by atoms with Gasteiger partial charge in [0.2, 0.25) is 0 Å². The van der Waals surface area contributed by atoms with Crippen LogP contribution in [0.1, 0.15) is 24.0 Å². The number of aliphatic hydroxyl groups is 1. The van der Waals surface area contributed by atoms with Gasteiger partial charge in [0.1, 0.15) is 0 Å². The highest BCUT2D eigenvalue weighted by Gasteiger charge is 2.38. The van der Waals surface area contributed by atoms with Gasteiger partial charge in [-0.3, -0.25) is 0 Å². The van der Waals surface area contributed by atoms with Crippen molar-refractivity contribution in [2.75, 3.05) is 32.8 Å². The Morgan fingerprint density at radius 1 is 1.22 bits per heavy atom. The first-order valence-corrected chi connectivity index (χ1v) is 7.01. The summed E-state index contributed by atoms with van der Waals surface area (Å²) in [6.07, 6.45) is 3.46. The molecule has 1 saturated heterocycles. The first-order chi connectivity index (χ1) is 8.84. The molecule has 3 rings (SSSR count). The number of hydrogen-bond acceptors (Lipinski definition) is 3. The molecule has 18 heavy (non-hydrogen) atoms. The average Bonchev–Trinajstić information content (AvgIpc) is 2.43. The fourth-order valence-electron chi connectivity index (χ4n) is 3.48. The summed E-state index contributed by atoms with van der Waals surface area (Å²) in [6.45, 7) is 4.36. The second-order valence-electron chi connectivity index (χ2n) is 5.48. The van der Waals surface area contributed by atoms with Crippen molar-refractivity contribution < 1.29 is 5.11 Å². The van der Waals surface area contributed by atoms with Gasteiger partial charge in [-0.25, -0.2) is 0 Å². The summed E-state index contributed by atoms with van der Waals surface area (Å²) in [5.41, 5.74) is 3.23. The van der Waals surface area contributed by atoms with E-state index in [1.165, 1.54) is 11.1 Å². The van der Waals surface area contributed by atoms with Crippen LogP contribution in [0.2, 0.25) is 0 Å². The maximum atomic E-state index is 9.02. The van der Waals surface area contributed by atoms with Crippen LogP contribution in [0.15, 0.2) is 24.3 Å². The van der Waals surface area contributed by atoms with Crippen LogP contribution in [0.4, 0.5) is 0 Å². The third kappa shape index (κ3) is 2.07. The van der Waals surface area contributed by atoms with E-state index < -0.39 is 0 Å². The van der Waals surface area contributed by atoms with Crippen LogP contribution in [-0.2, 0) is 12.0 Å². The van der Waals surface area contributed by atoms with Crippen LogP contribution in [0.25, 0.3) is 0 Å². The quantitative estimate of drug-likeness (QED) is 0.821. The lowest BCUT2D eigenvalue weighted by Gasteiger charge is -2.46. The van der Waals surface area contributed by atoms with Gasteiger partial charge in [-0.15, -0.1) is 0 Å². The Kier molecular flexibility index (Phi) is 3.37. The number of benzene rings is 1. The standard InChI is InChI=1S/C15H22N2O/c18-12-11-17-9-6-15(7-10-17)14-4-2-1-3-13(14)5-8-16-15/h1-4,16,18H,5-12H2. The number of rotatable bonds is 2. The number of hydrogen-bond donors (Lipinski definition) is 2. The zero-order valence-electron chi connectivity index (χ0n) is 10.9. The van der Waals surface area contributed by atoms with Crippen molar-refractivity contribution in [3.63, 3.8) is 0 Å². The van der Waals surface area contributed by atoms with Crippen molar-refractivity contribution in [3.05, 3.63) is 35.4 Å². The normalized spacial score (nSPS) is 22.9. The molecule has 0 unspecified atom stereocenters. The molecule has 3 nitrogen and oxygen atoms in total. The zero-order valence-corrected chi connectivity index (χ0v) is 10.9. The molecule has 1 aromatic carbocycles. The fourth-order valence-corrected chi connectivity index (χ4v) is 3.48. The summed E-state index contributed by atoms with van der Waals surface area (Å²) in [5, 5.41) is 12.8. The van der Waals surface area contributed by atoms with Crippen LogP contribution in [-0.4, -0.2) is 42.8 Å². The third-order valence-corrected chi connectivity index (χ3v) is 4.52. The van der Waals surface area contributed by atoms with Crippen molar-refractivity contribution in [3.8, 4) is 0 Å². The molecule has 2 heterocycles. The van der Waals surface area contributed by atoms with E-state index in [4.69, 9.17) is 5.11 Å². The van der Waals surface area contributed by atoms with Gasteiger partial charge in [-0.1, -0.05) is 24.3 Å². The third-order valence-electron chi connectivity index (χ3n) is 4.52. The summed E-state index contributed by atoms with van der Waals surface area (Å²) in [5.74, 6) is 0. The number of piperidine rings is 1. The predicted octanol–water partition coefficient (Wildman–Crippen LogP) is 1.12. The van der Waals surface area contributed by atoms with Crippen molar-refractivity contribution in [1.82, 2.24) is 10.2 Å². The summed E-state index contributed by atoms with van der Waals surface area (Å²) >= 11 is 0. The maximum absolute atomic E-state index is 9.02. The summed E-state index contributed by atoms with van der Waals surface area (Å²) in [7, 11) is 0. The lowest BCUT2D eigenvalue weighted by atomic mass is 9.76. The second-order valence-corrected chi connectivity index (χ2v) is 5.48. The molecule has 2 aliphatic rings. The summed E-state index contributed by atoms with van der Waals surface area (Å²) in [6, 6.07) is 8.88. The van der Waals surface area contributed by atoms with Gasteiger partial charge < -0.3 is 15.3 Å². The van der Waals surface area contributed by atoms with E-state index in [1.54, 1.807) is 0 Å². The molecule has 0 aliphatic carbocycles. The van der Waals surface area contributed by atoms with Crippen LogP contribution >= 0.6 is 0 Å². The van der Waals surface area contributed by atoms with E-state index in [9.17, 15) is 0 Å². The fraction of sp³-hybridized carbons (Fsp3) is 0.600. The van der Waals surface area contributed by atoms with Crippen LogP contribution in [0.3, 0.4) is 0 Å². The number of likely N-dealkylation sites (tertiary alicyclic amines) is 1. The molecule has 1 fully saturated rings. The Labute approximate surface area is 109 Å². The van der Waals surface area contributed by atoms with E-state index in [2.05, 4.69) is 34.5 Å². The topological polar surface area (TPSA) is 35.5 Å². The van der Waals surface area contributed by atoms with Crippen molar-refractivity contribution in [2.45, 2.75) is 24.8 Å². The van der Waals surface area contributed by atoms with Crippen LogP contribution in [0, 0.1) is 0 Å². The van der Waals surface area contributed by atoms with E-state index in [1.807, 2.05) is 0 Å². The first-order valence-electron chi connectivity index (χ1n) is 7.01. The highest BCUT2D eigenvalue weighted by molar-refractivity contribution is 5.36. The van der Waals surface area contributed by atoms with Crippen molar-refractivity contribution >= 4 is 0 Å². The Morgan fingerprint density at radius 3 is 2.78 bits per heavy atom. The molecule has 0 atom stereocenters. The Bertz CT molecular complexity index is 411. The monoisotopic (exact) mass is 246 g/mol. The smallest absolute Gasteiger partial charge is 0.0558 e. The first kappa shape index (κ1) is 12.2. The van der Waals surface area contributed by atoms with Gasteiger partial charge in [0.25, 0.3) is 0 Å². The highest BCUT2D eigenvalue weighted by Crippen LogP contribution is 2.37. The minimum Gasteiger partial charge on any atom is -0.395 e. The van der Waals surface area contributed by atoms with Gasteiger partial charge in [0, 0.05) is 31.7 Å². The van der Waals surface area contributed by atoms with Crippen LogP contribution in [0.5, 0.6) is 0 Å². The molecule has 2 N–H and O–H groups in total. The van der Waals surface area contributed by atoms with Gasteiger partial charge >= 0.3 is 0 Å². The van der Waals surface area contributed by atoms with Gasteiger partial charge in [0.15, 0.2) is 0 Å². The van der Waals surface area contributed by atoms with Crippen molar-refractivity contribution in [2.24, 2.45) is 0 Å². The number of fused-ring (bicyclic) bond motifs is 2. The summed E-state index contributed by atoms with van der Waals surface area (Å²) < 4.78 is 0. The lowest BCUT2D eigenvalue weighted by Crippen LogP contribution is -2.54. The van der Waals surface area contributed by atoms with E-state index in [0.29, 0.717) is 0 Å². The zero-order chi connectivity index (χ0) is 12.4. The van der Waals surface area contributed by atoms with Gasteiger partial charge in [-0.05, 0) is 30.4 Å².